The molecule has 0 bridgehead atoms. The van der Waals surface area contributed by atoms with Crippen LogP contribution < -0.4 is 20.1 Å². The van der Waals surface area contributed by atoms with E-state index in [1.807, 2.05) is 25.1 Å². The number of nitrogens with zero attached hydrogens (tertiary/aromatic N) is 1. The standard InChI is InChI=1S/C24H27N3O5/c1-16-3-2-4-19(13-16)26-24(30)25-15-22(28)27-9-7-17(8-10-27)23(29)18-5-6-20-21(14-18)32-12-11-31-20/h2-6,13-14,17H,7-12,15H2,1H3,(H2,25,26,30). The lowest BCUT2D eigenvalue weighted by molar-refractivity contribution is -0.131. The van der Waals surface area contributed by atoms with Crippen molar-refractivity contribution in [2.75, 3.05) is 38.2 Å². The normalized spacial score (nSPS) is 15.7. The van der Waals surface area contributed by atoms with Gasteiger partial charge in [0.15, 0.2) is 17.3 Å². The number of benzene rings is 2. The molecule has 0 aromatic heterocycles. The highest BCUT2D eigenvalue weighted by Crippen LogP contribution is 2.32. The third-order valence-electron chi connectivity index (χ3n) is 5.72. The molecule has 2 aliphatic rings. The summed E-state index contributed by atoms with van der Waals surface area (Å²) < 4.78 is 11.1. The van der Waals surface area contributed by atoms with Crippen LogP contribution in [0.25, 0.3) is 0 Å². The monoisotopic (exact) mass is 437 g/mol. The maximum absolute atomic E-state index is 12.9. The number of Topliss-reactive ketones (excluding diaryl/α,β-unsaturated/α-hetero) is 1. The summed E-state index contributed by atoms with van der Waals surface area (Å²) in [6, 6.07) is 12.3. The van der Waals surface area contributed by atoms with Crippen molar-refractivity contribution in [2.45, 2.75) is 19.8 Å². The molecule has 0 aliphatic carbocycles. The Labute approximate surface area is 186 Å². The Bertz CT molecular complexity index is 1010. The molecule has 0 radical (unpaired) electrons. The summed E-state index contributed by atoms with van der Waals surface area (Å²) in [5.74, 6) is 1.02. The van der Waals surface area contributed by atoms with Gasteiger partial charge in [-0.1, -0.05) is 12.1 Å². The molecule has 8 nitrogen and oxygen atoms in total. The van der Waals surface area contributed by atoms with Gasteiger partial charge in [-0.25, -0.2) is 4.79 Å². The topological polar surface area (TPSA) is 97.0 Å². The first-order valence-corrected chi connectivity index (χ1v) is 10.8. The van der Waals surface area contributed by atoms with Gasteiger partial charge < -0.3 is 25.0 Å². The fraction of sp³-hybridized carbons (Fsp3) is 0.375. The van der Waals surface area contributed by atoms with Crippen LogP contribution >= 0.6 is 0 Å². The number of rotatable bonds is 5. The number of fused-ring (bicyclic) bond motifs is 1. The van der Waals surface area contributed by atoms with Crippen molar-refractivity contribution in [2.24, 2.45) is 5.92 Å². The van der Waals surface area contributed by atoms with Crippen LogP contribution in [-0.4, -0.2) is 55.5 Å². The van der Waals surface area contributed by atoms with Crippen LogP contribution in [0.5, 0.6) is 11.5 Å². The van der Waals surface area contributed by atoms with E-state index in [1.165, 1.54) is 0 Å². The molecule has 0 saturated carbocycles. The minimum absolute atomic E-state index is 0.0599. The fourth-order valence-corrected chi connectivity index (χ4v) is 3.99. The number of ketones is 1. The second kappa shape index (κ2) is 9.72. The SMILES string of the molecule is Cc1cccc(NC(=O)NCC(=O)N2CCC(C(=O)c3ccc4c(c3)OCCO4)CC2)c1. The summed E-state index contributed by atoms with van der Waals surface area (Å²) in [5.41, 5.74) is 2.31. The predicted molar refractivity (Wildman–Crippen MR) is 119 cm³/mol. The van der Waals surface area contributed by atoms with Crippen LogP contribution in [0.15, 0.2) is 42.5 Å². The van der Waals surface area contributed by atoms with Crippen molar-refractivity contribution in [3.05, 3.63) is 53.6 Å². The molecule has 168 valence electrons. The van der Waals surface area contributed by atoms with Crippen molar-refractivity contribution in [1.82, 2.24) is 10.2 Å². The number of carbonyl (C=O) groups excluding carboxylic acids is 3. The Morgan fingerprint density at radius 3 is 2.50 bits per heavy atom. The van der Waals surface area contributed by atoms with Crippen LogP contribution in [0, 0.1) is 12.8 Å². The number of hydrogen-bond donors (Lipinski definition) is 2. The second-order valence-electron chi connectivity index (χ2n) is 8.05. The second-order valence-corrected chi connectivity index (χ2v) is 8.05. The number of urea groups is 1. The maximum Gasteiger partial charge on any atom is 0.319 e. The van der Waals surface area contributed by atoms with E-state index in [1.54, 1.807) is 29.2 Å². The number of amides is 3. The minimum atomic E-state index is -0.423. The first-order valence-electron chi connectivity index (χ1n) is 10.8. The van der Waals surface area contributed by atoms with E-state index in [2.05, 4.69) is 10.6 Å². The molecular weight excluding hydrogens is 410 g/mol. The zero-order valence-corrected chi connectivity index (χ0v) is 18.1. The zero-order chi connectivity index (χ0) is 22.5. The smallest absolute Gasteiger partial charge is 0.319 e. The molecule has 2 heterocycles. The summed E-state index contributed by atoms with van der Waals surface area (Å²) in [4.78, 5) is 39.1. The molecule has 4 rings (SSSR count). The molecule has 2 aromatic rings. The van der Waals surface area contributed by atoms with Gasteiger partial charge in [-0.3, -0.25) is 9.59 Å². The molecule has 0 unspecified atom stereocenters. The Morgan fingerprint density at radius 1 is 1.00 bits per heavy atom. The highest BCUT2D eigenvalue weighted by atomic mass is 16.6. The van der Waals surface area contributed by atoms with E-state index in [4.69, 9.17) is 9.47 Å². The molecule has 3 amide bonds. The largest absolute Gasteiger partial charge is 0.486 e. The number of carbonyl (C=O) groups is 3. The zero-order valence-electron chi connectivity index (χ0n) is 18.1. The fourth-order valence-electron chi connectivity index (χ4n) is 3.99. The maximum atomic E-state index is 12.9. The van der Waals surface area contributed by atoms with Crippen LogP contribution in [-0.2, 0) is 4.79 Å². The van der Waals surface area contributed by atoms with E-state index in [-0.39, 0.29) is 24.2 Å². The number of anilines is 1. The molecular formula is C24H27N3O5. The summed E-state index contributed by atoms with van der Waals surface area (Å²) in [5, 5.41) is 5.32. The Morgan fingerprint density at radius 2 is 1.75 bits per heavy atom. The summed E-state index contributed by atoms with van der Waals surface area (Å²) >= 11 is 0. The molecule has 1 fully saturated rings. The predicted octanol–water partition coefficient (Wildman–Crippen LogP) is 3.01. The average Bonchev–Trinajstić information content (AvgIpc) is 2.82. The van der Waals surface area contributed by atoms with Gasteiger partial charge in [-0.2, -0.15) is 0 Å². The third-order valence-corrected chi connectivity index (χ3v) is 5.72. The quantitative estimate of drug-likeness (QED) is 0.701. The Kier molecular flexibility index (Phi) is 6.58. The van der Waals surface area contributed by atoms with Gasteiger partial charge in [0, 0.05) is 30.3 Å². The summed E-state index contributed by atoms with van der Waals surface area (Å²) in [6.07, 6.45) is 1.18. The van der Waals surface area contributed by atoms with E-state index in [9.17, 15) is 14.4 Å². The number of aryl methyl sites for hydroxylation is 1. The molecule has 2 aromatic carbocycles. The van der Waals surface area contributed by atoms with Gasteiger partial charge in [0.2, 0.25) is 5.91 Å². The van der Waals surface area contributed by atoms with Crippen molar-refractivity contribution < 1.29 is 23.9 Å². The van der Waals surface area contributed by atoms with Crippen molar-refractivity contribution >= 4 is 23.4 Å². The molecule has 8 heteroatoms. The first kappa shape index (κ1) is 21.7. The van der Waals surface area contributed by atoms with Crippen molar-refractivity contribution in [3.63, 3.8) is 0 Å². The highest BCUT2D eigenvalue weighted by Gasteiger charge is 2.28. The molecule has 0 atom stereocenters. The van der Waals surface area contributed by atoms with E-state index >= 15 is 0 Å². The Balaban J connectivity index is 1.24. The summed E-state index contributed by atoms with van der Waals surface area (Å²) in [6.45, 7) is 3.81. The van der Waals surface area contributed by atoms with Crippen molar-refractivity contribution in [3.8, 4) is 11.5 Å². The molecule has 0 spiro atoms. The number of ether oxygens (including phenoxy) is 2. The highest BCUT2D eigenvalue weighted by molar-refractivity contribution is 5.98. The van der Waals surface area contributed by atoms with Gasteiger partial charge >= 0.3 is 6.03 Å². The molecule has 2 N–H and O–H groups in total. The first-order chi connectivity index (χ1) is 15.5. The molecule has 32 heavy (non-hydrogen) atoms. The average molecular weight is 437 g/mol. The number of likely N-dealkylation sites (tertiary alicyclic amines) is 1. The number of piperidine rings is 1. The Hall–Kier alpha value is -3.55. The lowest BCUT2D eigenvalue weighted by atomic mass is 9.88. The van der Waals surface area contributed by atoms with Gasteiger partial charge in [-0.05, 0) is 55.7 Å². The van der Waals surface area contributed by atoms with Crippen LogP contribution in [0.1, 0.15) is 28.8 Å². The van der Waals surface area contributed by atoms with Crippen LogP contribution in [0.2, 0.25) is 0 Å². The van der Waals surface area contributed by atoms with E-state index < -0.39 is 6.03 Å². The molecule has 1 saturated heterocycles. The van der Waals surface area contributed by atoms with Crippen molar-refractivity contribution in [1.29, 1.82) is 0 Å². The van der Waals surface area contributed by atoms with E-state index in [0.29, 0.717) is 61.9 Å². The number of nitrogens with one attached hydrogen (secondary N) is 2. The van der Waals surface area contributed by atoms with Gasteiger partial charge in [0.1, 0.15) is 13.2 Å². The third kappa shape index (κ3) is 5.19. The van der Waals surface area contributed by atoms with E-state index in [0.717, 1.165) is 5.56 Å². The minimum Gasteiger partial charge on any atom is -0.486 e. The molecule has 2 aliphatic heterocycles. The van der Waals surface area contributed by atoms with Gasteiger partial charge in [0.05, 0.1) is 6.54 Å². The number of hydrogen-bond acceptors (Lipinski definition) is 5. The lowest BCUT2D eigenvalue weighted by Crippen LogP contribution is -2.45. The van der Waals surface area contributed by atoms with Crippen LogP contribution in [0.4, 0.5) is 10.5 Å². The summed E-state index contributed by atoms with van der Waals surface area (Å²) in [7, 11) is 0. The van der Waals surface area contributed by atoms with Gasteiger partial charge in [-0.15, -0.1) is 0 Å². The van der Waals surface area contributed by atoms with Crippen LogP contribution in [0.3, 0.4) is 0 Å². The lowest BCUT2D eigenvalue weighted by Gasteiger charge is -2.31. The van der Waals surface area contributed by atoms with Gasteiger partial charge in [0.25, 0.3) is 0 Å².